The Morgan fingerprint density at radius 1 is 1.12 bits per heavy atom. The molecule has 2 aliphatic rings. The van der Waals surface area contributed by atoms with Crippen LogP contribution in [0.3, 0.4) is 0 Å². The lowest BCUT2D eigenvalue weighted by molar-refractivity contribution is 0.0583. The number of carbonyl (C=O) groups is 1. The van der Waals surface area contributed by atoms with E-state index in [0.717, 1.165) is 60.2 Å². The predicted octanol–water partition coefficient (Wildman–Crippen LogP) is 5.23. The van der Waals surface area contributed by atoms with Gasteiger partial charge in [0.05, 0.1) is 10.7 Å². The number of hydrogen-bond donors (Lipinski definition) is 1. The first-order chi connectivity index (χ1) is 16.6. The summed E-state index contributed by atoms with van der Waals surface area (Å²) in [6, 6.07) is 19.1. The van der Waals surface area contributed by atoms with Crippen LogP contribution in [0.4, 0.5) is 5.69 Å². The molecule has 2 aliphatic heterocycles. The molecule has 5 rings (SSSR count). The van der Waals surface area contributed by atoms with E-state index in [1.165, 1.54) is 22.6 Å². The second-order valence-electron chi connectivity index (χ2n) is 9.09. The van der Waals surface area contributed by atoms with Crippen molar-refractivity contribution in [1.82, 2.24) is 15.2 Å². The molecule has 1 aromatic heterocycles. The Hall–Kier alpha value is -2.96. The maximum absolute atomic E-state index is 14.1. The Morgan fingerprint density at radius 2 is 1.91 bits per heavy atom. The second-order valence-corrected chi connectivity index (χ2v) is 10.3. The van der Waals surface area contributed by atoms with Gasteiger partial charge in [-0.1, -0.05) is 67.6 Å². The molecule has 2 atom stereocenters. The van der Waals surface area contributed by atoms with Crippen molar-refractivity contribution in [3.63, 3.8) is 0 Å². The van der Waals surface area contributed by atoms with Gasteiger partial charge in [-0.25, -0.2) is 4.98 Å². The summed E-state index contributed by atoms with van der Waals surface area (Å²) in [5.74, 6) is 0.109. The van der Waals surface area contributed by atoms with Crippen LogP contribution < -0.4 is 10.2 Å². The topological polar surface area (TPSA) is 48.5 Å². The summed E-state index contributed by atoms with van der Waals surface area (Å²) in [5.41, 5.74) is 4.31. The highest BCUT2D eigenvalue weighted by Gasteiger charge is 2.35. The molecule has 34 heavy (non-hydrogen) atoms. The van der Waals surface area contributed by atoms with Crippen LogP contribution in [0.2, 0.25) is 0 Å². The summed E-state index contributed by atoms with van der Waals surface area (Å²) in [4.78, 5) is 24.1. The molecule has 0 saturated carbocycles. The number of aryl methyl sites for hydroxylation is 1. The summed E-state index contributed by atoms with van der Waals surface area (Å²) in [7, 11) is 0. The third-order valence-corrected chi connectivity index (χ3v) is 7.73. The number of nitrogens with zero attached hydrogens (tertiary/aromatic N) is 3. The van der Waals surface area contributed by atoms with Gasteiger partial charge in [0.15, 0.2) is 0 Å². The number of rotatable bonds is 6. The molecule has 0 bridgehead atoms. The highest BCUT2D eigenvalue weighted by molar-refractivity contribution is 7.14. The van der Waals surface area contributed by atoms with Gasteiger partial charge in [-0.15, -0.1) is 11.3 Å². The van der Waals surface area contributed by atoms with Crippen LogP contribution in [-0.2, 0) is 0 Å². The van der Waals surface area contributed by atoms with Gasteiger partial charge in [0.1, 0.15) is 4.88 Å². The SMILES string of the molecule is CCNC1CCC(CN2CC=Cc3ccccc32)N(C(=O)c2sc(C)nc2-c2ccccc2)C1. The quantitative estimate of drug-likeness (QED) is 0.533. The number of aromatic nitrogens is 1. The van der Waals surface area contributed by atoms with Crippen LogP contribution in [0.15, 0.2) is 60.7 Å². The van der Waals surface area contributed by atoms with Crippen molar-refractivity contribution >= 4 is 29.0 Å². The minimum Gasteiger partial charge on any atom is -0.365 e. The Labute approximate surface area is 206 Å². The number of piperidine rings is 1. The predicted molar refractivity (Wildman–Crippen MR) is 141 cm³/mol. The average molecular weight is 473 g/mol. The number of amides is 1. The lowest BCUT2D eigenvalue weighted by Crippen LogP contribution is -2.56. The Morgan fingerprint density at radius 3 is 2.74 bits per heavy atom. The number of para-hydroxylation sites is 1. The number of carbonyl (C=O) groups excluding carboxylic acids is 1. The molecule has 3 aromatic rings. The molecular formula is C28H32N4OS. The number of benzene rings is 2. The molecule has 0 radical (unpaired) electrons. The third kappa shape index (κ3) is 4.65. The zero-order chi connectivity index (χ0) is 23.5. The fourth-order valence-electron chi connectivity index (χ4n) is 5.16. The molecule has 2 unspecified atom stereocenters. The third-order valence-electron chi connectivity index (χ3n) is 6.77. The maximum Gasteiger partial charge on any atom is 0.266 e. The maximum atomic E-state index is 14.1. The highest BCUT2D eigenvalue weighted by atomic mass is 32.1. The van der Waals surface area contributed by atoms with Crippen LogP contribution in [0, 0.1) is 6.92 Å². The molecule has 1 amide bonds. The minimum absolute atomic E-state index is 0.109. The fraction of sp³-hybridized carbons (Fsp3) is 0.357. The Bertz CT molecular complexity index is 1170. The van der Waals surface area contributed by atoms with Crippen LogP contribution in [0.25, 0.3) is 17.3 Å². The zero-order valence-corrected chi connectivity index (χ0v) is 20.7. The molecule has 1 saturated heterocycles. The minimum atomic E-state index is 0.109. The Balaban J connectivity index is 1.45. The van der Waals surface area contributed by atoms with Crippen molar-refractivity contribution < 1.29 is 4.79 Å². The lowest BCUT2D eigenvalue weighted by Gasteiger charge is -2.43. The van der Waals surface area contributed by atoms with E-state index in [0.29, 0.717) is 6.04 Å². The Kier molecular flexibility index (Phi) is 6.79. The standard InChI is InChI=1S/C28H32N4OS/c1-3-29-23-15-16-24(19-31-17-9-13-21-10-7-8-14-25(21)31)32(18-23)28(33)27-26(30-20(2)34-27)22-11-5-4-6-12-22/h4-14,23-24,29H,3,15-19H2,1-2H3. The van der Waals surface area contributed by atoms with E-state index in [-0.39, 0.29) is 11.9 Å². The van der Waals surface area contributed by atoms with Gasteiger partial charge in [0.25, 0.3) is 5.91 Å². The summed E-state index contributed by atoms with van der Waals surface area (Å²) in [5, 5.41) is 4.51. The summed E-state index contributed by atoms with van der Waals surface area (Å²) in [6.07, 6.45) is 6.49. The first kappa shape index (κ1) is 22.8. The molecule has 2 aromatic carbocycles. The van der Waals surface area contributed by atoms with Crippen LogP contribution in [0.1, 0.15) is 40.0 Å². The van der Waals surface area contributed by atoms with E-state index in [1.807, 2.05) is 37.3 Å². The van der Waals surface area contributed by atoms with Crippen molar-refractivity contribution in [2.24, 2.45) is 0 Å². The first-order valence-electron chi connectivity index (χ1n) is 12.2. The smallest absolute Gasteiger partial charge is 0.266 e. The molecule has 3 heterocycles. The number of anilines is 1. The molecule has 176 valence electrons. The second kappa shape index (κ2) is 10.1. The summed E-state index contributed by atoms with van der Waals surface area (Å²) < 4.78 is 0. The number of likely N-dealkylation sites (tertiary alicyclic amines) is 1. The number of hydrogen-bond acceptors (Lipinski definition) is 5. The van der Waals surface area contributed by atoms with E-state index in [9.17, 15) is 4.79 Å². The molecular weight excluding hydrogens is 440 g/mol. The van der Waals surface area contributed by atoms with Gasteiger partial charge in [0.2, 0.25) is 0 Å². The van der Waals surface area contributed by atoms with Crippen LogP contribution in [-0.4, -0.2) is 54.1 Å². The summed E-state index contributed by atoms with van der Waals surface area (Å²) >= 11 is 1.51. The van der Waals surface area contributed by atoms with Crippen molar-refractivity contribution in [1.29, 1.82) is 0 Å². The van der Waals surface area contributed by atoms with Gasteiger partial charge in [-0.2, -0.15) is 0 Å². The van der Waals surface area contributed by atoms with E-state index >= 15 is 0 Å². The van der Waals surface area contributed by atoms with Crippen LogP contribution >= 0.6 is 11.3 Å². The van der Waals surface area contributed by atoms with E-state index in [2.05, 4.69) is 58.5 Å². The average Bonchev–Trinajstić information content (AvgIpc) is 3.27. The number of thiazole rings is 1. The fourth-order valence-corrected chi connectivity index (χ4v) is 6.06. The van der Waals surface area contributed by atoms with Crippen molar-refractivity contribution in [2.45, 2.75) is 38.8 Å². The molecule has 1 fully saturated rings. The molecule has 0 spiro atoms. The number of likely N-dealkylation sites (N-methyl/N-ethyl adjacent to an activating group) is 1. The number of nitrogens with one attached hydrogen (secondary N) is 1. The van der Waals surface area contributed by atoms with Crippen molar-refractivity contribution in [3.8, 4) is 11.3 Å². The van der Waals surface area contributed by atoms with Gasteiger partial charge >= 0.3 is 0 Å². The van der Waals surface area contributed by atoms with E-state index in [1.54, 1.807) is 0 Å². The number of fused-ring (bicyclic) bond motifs is 1. The molecule has 5 nitrogen and oxygen atoms in total. The van der Waals surface area contributed by atoms with Gasteiger partial charge in [0, 0.05) is 43.0 Å². The summed E-state index contributed by atoms with van der Waals surface area (Å²) in [6.45, 7) is 7.48. The molecule has 0 aliphatic carbocycles. The normalized spacial score (nSPS) is 19.8. The zero-order valence-electron chi connectivity index (χ0n) is 19.9. The van der Waals surface area contributed by atoms with Gasteiger partial charge in [-0.05, 0) is 37.9 Å². The van der Waals surface area contributed by atoms with E-state index < -0.39 is 0 Å². The van der Waals surface area contributed by atoms with Gasteiger partial charge in [-0.3, -0.25) is 4.79 Å². The van der Waals surface area contributed by atoms with Crippen molar-refractivity contribution in [2.75, 3.05) is 31.1 Å². The molecule has 1 N–H and O–H groups in total. The lowest BCUT2D eigenvalue weighted by atomic mass is 9.96. The first-order valence-corrected chi connectivity index (χ1v) is 13.0. The van der Waals surface area contributed by atoms with E-state index in [4.69, 9.17) is 4.98 Å². The van der Waals surface area contributed by atoms with Crippen LogP contribution in [0.5, 0.6) is 0 Å². The highest BCUT2D eigenvalue weighted by Crippen LogP contribution is 2.33. The monoisotopic (exact) mass is 472 g/mol. The molecule has 6 heteroatoms. The largest absolute Gasteiger partial charge is 0.365 e. The van der Waals surface area contributed by atoms with Gasteiger partial charge < -0.3 is 15.1 Å². The van der Waals surface area contributed by atoms with Crippen molar-refractivity contribution in [3.05, 3.63) is 76.1 Å².